The van der Waals surface area contributed by atoms with Crippen molar-refractivity contribution in [1.82, 2.24) is 10.2 Å². The van der Waals surface area contributed by atoms with Crippen molar-refractivity contribution in [1.29, 1.82) is 0 Å². The van der Waals surface area contributed by atoms with Crippen molar-refractivity contribution in [3.8, 4) is 0 Å². The predicted molar refractivity (Wildman–Crippen MR) is 78.5 cm³/mol. The molecule has 0 spiro atoms. The molecule has 1 aromatic carbocycles. The first-order chi connectivity index (χ1) is 9.13. The van der Waals surface area contributed by atoms with Crippen LogP contribution in [0.3, 0.4) is 0 Å². The van der Waals surface area contributed by atoms with Gasteiger partial charge in [0.05, 0.1) is 6.54 Å². The number of hydrogen-bond acceptors (Lipinski definition) is 3. The summed E-state index contributed by atoms with van der Waals surface area (Å²) in [4.78, 5) is 16.5. The van der Waals surface area contributed by atoms with Crippen LogP contribution in [0.2, 0.25) is 0 Å². The van der Waals surface area contributed by atoms with E-state index in [1.54, 1.807) is 0 Å². The Hall–Kier alpha value is -1.39. The highest BCUT2D eigenvalue weighted by Crippen LogP contribution is 2.21. The van der Waals surface area contributed by atoms with Gasteiger partial charge in [0.15, 0.2) is 0 Å². The molecule has 1 N–H and O–H groups in total. The number of piperazine rings is 1. The number of para-hydroxylation sites is 1. The molecule has 1 unspecified atom stereocenters. The molecule has 0 bridgehead atoms. The maximum atomic E-state index is 12.3. The van der Waals surface area contributed by atoms with Gasteiger partial charge in [-0.3, -0.25) is 9.69 Å². The lowest BCUT2D eigenvalue weighted by Crippen LogP contribution is -2.54. The van der Waals surface area contributed by atoms with Gasteiger partial charge in [0.1, 0.15) is 0 Å². The molecule has 1 heterocycles. The van der Waals surface area contributed by atoms with Gasteiger partial charge < -0.3 is 10.2 Å². The van der Waals surface area contributed by atoms with Crippen LogP contribution < -0.4 is 10.2 Å². The quantitative estimate of drug-likeness (QED) is 0.886. The summed E-state index contributed by atoms with van der Waals surface area (Å²) in [7, 11) is 1.95. The van der Waals surface area contributed by atoms with Crippen LogP contribution in [0.15, 0.2) is 24.3 Å². The molecule has 104 valence electrons. The Morgan fingerprint density at radius 2 is 2.05 bits per heavy atom. The molecule has 4 nitrogen and oxygen atoms in total. The number of nitrogens with one attached hydrogen (secondary N) is 1. The van der Waals surface area contributed by atoms with Crippen LogP contribution in [0.25, 0.3) is 0 Å². The second-order valence-electron chi connectivity index (χ2n) is 5.21. The monoisotopic (exact) mass is 261 g/mol. The average Bonchev–Trinajstić information content (AvgIpc) is 2.40. The molecule has 2 rings (SSSR count). The van der Waals surface area contributed by atoms with Crippen LogP contribution in [-0.2, 0) is 4.79 Å². The van der Waals surface area contributed by atoms with E-state index in [-0.39, 0.29) is 5.91 Å². The molecule has 4 heteroatoms. The zero-order chi connectivity index (χ0) is 13.8. The topological polar surface area (TPSA) is 35.6 Å². The fourth-order valence-corrected chi connectivity index (χ4v) is 2.61. The van der Waals surface area contributed by atoms with Crippen LogP contribution in [0.4, 0.5) is 5.69 Å². The largest absolute Gasteiger partial charge is 0.318 e. The van der Waals surface area contributed by atoms with Crippen LogP contribution in [-0.4, -0.2) is 50.1 Å². The van der Waals surface area contributed by atoms with Gasteiger partial charge in [-0.2, -0.15) is 0 Å². The molecule has 1 atom stereocenters. The zero-order valence-corrected chi connectivity index (χ0v) is 12.0. The predicted octanol–water partition coefficient (Wildman–Crippen LogP) is 1.25. The van der Waals surface area contributed by atoms with Crippen molar-refractivity contribution in [2.24, 2.45) is 0 Å². The number of aryl methyl sites for hydroxylation is 1. The first-order valence-corrected chi connectivity index (χ1v) is 6.88. The van der Waals surface area contributed by atoms with E-state index in [4.69, 9.17) is 0 Å². The van der Waals surface area contributed by atoms with Crippen molar-refractivity contribution in [2.75, 3.05) is 38.1 Å². The summed E-state index contributed by atoms with van der Waals surface area (Å²) < 4.78 is 0. The van der Waals surface area contributed by atoms with Gasteiger partial charge in [0, 0.05) is 31.4 Å². The minimum absolute atomic E-state index is 0.198. The lowest BCUT2D eigenvalue weighted by atomic mass is 10.1. The molecule has 1 amide bonds. The van der Waals surface area contributed by atoms with Crippen LogP contribution in [0.1, 0.15) is 12.5 Å². The number of amides is 1. The Balaban J connectivity index is 2.05. The fourth-order valence-electron chi connectivity index (χ4n) is 2.61. The number of carbonyl (C=O) groups is 1. The third-order valence-electron chi connectivity index (χ3n) is 3.78. The highest BCUT2D eigenvalue weighted by molar-refractivity contribution is 5.96. The summed E-state index contributed by atoms with van der Waals surface area (Å²) >= 11 is 0. The van der Waals surface area contributed by atoms with Crippen LogP contribution in [0, 0.1) is 6.92 Å². The second kappa shape index (κ2) is 6.17. The molecule has 1 fully saturated rings. The summed E-state index contributed by atoms with van der Waals surface area (Å²) in [6.45, 7) is 7.35. The molecule has 0 aromatic heterocycles. The lowest BCUT2D eigenvalue weighted by molar-refractivity contribution is -0.121. The van der Waals surface area contributed by atoms with Gasteiger partial charge in [-0.05, 0) is 32.5 Å². The Morgan fingerprint density at radius 3 is 2.68 bits per heavy atom. The Bertz CT molecular complexity index is 447. The van der Waals surface area contributed by atoms with Crippen LogP contribution in [0.5, 0.6) is 0 Å². The Kier molecular flexibility index (Phi) is 4.56. The van der Waals surface area contributed by atoms with E-state index >= 15 is 0 Å². The maximum Gasteiger partial charge on any atom is 0.241 e. The summed E-state index contributed by atoms with van der Waals surface area (Å²) in [5.41, 5.74) is 2.21. The lowest BCUT2D eigenvalue weighted by Gasteiger charge is -2.38. The molecule has 1 aliphatic rings. The van der Waals surface area contributed by atoms with Crippen molar-refractivity contribution >= 4 is 11.6 Å². The van der Waals surface area contributed by atoms with Crippen molar-refractivity contribution in [3.63, 3.8) is 0 Å². The van der Waals surface area contributed by atoms with E-state index in [0.29, 0.717) is 12.6 Å². The molecule has 1 aromatic rings. The molecule has 0 radical (unpaired) electrons. The molecular weight excluding hydrogens is 238 g/mol. The molecule has 1 saturated heterocycles. The van der Waals surface area contributed by atoms with Crippen LogP contribution >= 0.6 is 0 Å². The van der Waals surface area contributed by atoms with Crippen molar-refractivity contribution < 1.29 is 4.79 Å². The smallest absolute Gasteiger partial charge is 0.241 e. The van der Waals surface area contributed by atoms with Crippen molar-refractivity contribution in [2.45, 2.75) is 19.9 Å². The second-order valence-corrected chi connectivity index (χ2v) is 5.21. The molecule has 0 saturated carbocycles. The third kappa shape index (κ3) is 3.14. The Morgan fingerprint density at radius 1 is 1.32 bits per heavy atom. The van der Waals surface area contributed by atoms with E-state index < -0.39 is 0 Å². The first kappa shape index (κ1) is 14.0. The van der Waals surface area contributed by atoms with Gasteiger partial charge in [0.2, 0.25) is 5.91 Å². The molecular formula is C15H23N3O. The van der Waals surface area contributed by atoms with E-state index in [9.17, 15) is 4.79 Å². The first-order valence-electron chi connectivity index (χ1n) is 6.88. The minimum atomic E-state index is 0.198. The van der Waals surface area contributed by atoms with Gasteiger partial charge in [-0.15, -0.1) is 0 Å². The van der Waals surface area contributed by atoms with E-state index in [1.165, 1.54) is 0 Å². The molecule has 1 aliphatic heterocycles. The molecule has 0 aliphatic carbocycles. The third-order valence-corrected chi connectivity index (χ3v) is 3.78. The number of benzene rings is 1. The highest BCUT2D eigenvalue weighted by Gasteiger charge is 2.27. The number of likely N-dealkylation sites (N-methyl/N-ethyl adjacent to an activating group) is 1. The minimum Gasteiger partial charge on any atom is -0.318 e. The SMILES string of the molecule is CNCC(C)N1CCN(c2ccccc2C)C(=O)C1. The zero-order valence-electron chi connectivity index (χ0n) is 12.0. The van der Waals surface area contributed by atoms with E-state index in [2.05, 4.69) is 30.1 Å². The van der Waals surface area contributed by atoms with Gasteiger partial charge in [-0.1, -0.05) is 18.2 Å². The number of anilines is 1. The summed E-state index contributed by atoms with van der Waals surface area (Å²) in [6.07, 6.45) is 0. The number of nitrogens with zero attached hydrogens (tertiary/aromatic N) is 2. The molecule has 19 heavy (non-hydrogen) atoms. The van der Waals surface area contributed by atoms with Gasteiger partial charge >= 0.3 is 0 Å². The van der Waals surface area contributed by atoms with E-state index in [0.717, 1.165) is 30.9 Å². The summed E-state index contributed by atoms with van der Waals surface area (Å²) in [5.74, 6) is 0.198. The number of carbonyl (C=O) groups excluding carboxylic acids is 1. The Labute approximate surface area is 115 Å². The van der Waals surface area contributed by atoms with E-state index in [1.807, 2.05) is 30.1 Å². The highest BCUT2D eigenvalue weighted by atomic mass is 16.2. The average molecular weight is 261 g/mol. The normalized spacial score (nSPS) is 18.7. The summed E-state index contributed by atoms with van der Waals surface area (Å²) in [6, 6.07) is 8.48. The van der Waals surface area contributed by atoms with Gasteiger partial charge in [0.25, 0.3) is 0 Å². The fraction of sp³-hybridized carbons (Fsp3) is 0.533. The standard InChI is InChI=1S/C15H23N3O/c1-12-6-4-5-7-14(12)18-9-8-17(11-15(18)19)13(2)10-16-3/h4-7,13,16H,8-11H2,1-3H3. The number of rotatable bonds is 4. The van der Waals surface area contributed by atoms with Gasteiger partial charge in [-0.25, -0.2) is 0 Å². The maximum absolute atomic E-state index is 12.3. The number of hydrogen-bond donors (Lipinski definition) is 1. The summed E-state index contributed by atoms with van der Waals surface area (Å²) in [5, 5.41) is 3.17. The van der Waals surface area contributed by atoms with Crippen molar-refractivity contribution in [3.05, 3.63) is 29.8 Å².